The van der Waals surface area contributed by atoms with Gasteiger partial charge in [-0.3, -0.25) is 0 Å². The molecule has 0 aromatic heterocycles. The first kappa shape index (κ1) is 15.8. The molecule has 1 N–H and O–H groups in total. The Hall–Kier alpha value is -2.27. The molecule has 0 unspecified atom stereocenters. The Balaban J connectivity index is 1.99. The van der Waals surface area contributed by atoms with E-state index >= 15 is 0 Å². The number of anilines is 1. The van der Waals surface area contributed by atoms with E-state index in [0.29, 0.717) is 0 Å². The van der Waals surface area contributed by atoms with Gasteiger partial charge in [0.25, 0.3) is 0 Å². The van der Waals surface area contributed by atoms with Gasteiger partial charge in [-0.15, -0.1) is 22.7 Å². The highest BCUT2D eigenvalue weighted by atomic mass is 32.1. The zero-order valence-electron chi connectivity index (χ0n) is 14.5. The number of benzene rings is 4. The Bertz CT molecular complexity index is 1570. The van der Waals surface area contributed by atoms with Gasteiger partial charge in [-0.1, -0.05) is 55.3 Å². The molecule has 2 aliphatic rings. The van der Waals surface area contributed by atoms with Crippen LogP contribution in [0, 0.1) is 16.0 Å². The molecule has 130 valence electrons. The first-order chi connectivity index (χ1) is 13.3. The zero-order valence-corrected chi connectivity index (χ0v) is 17.1. The molecule has 0 radical (unpaired) electrons. The van der Waals surface area contributed by atoms with Gasteiger partial charge in [-0.25, -0.2) is 0 Å². The van der Waals surface area contributed by atoms with Crippen LogP contribution >= 0.6 is 35.5 Å². The topological polar surface area (TPSA) is 12.0 Å². The summed E-state index contributed by atoms with van der Waals surface area (Å²) >= 11 is 8.11. The van der Waals surface area contributed by atoms with Gasteiger partial charge in [-0.05, 0) is 36.1 Å². The van der Waals surface area contributed by atoms with E-state index in [4.69, 9.17) is 0 Å². The molecule has 0 fully saturated rings. The van der Waals surface area contributed by atoms with Gasteiger partial charge in [0.2, 0.25) is 0 Å². The number of aryl methyl sites for hydroxylation is 1. The summed E-state index contributed by atoms with van der Waals surface area (Å²) in [5, 5.41) is 8.02. The van der Waals surface area contributed by atoms with Crippen molar-refractivity contribution in [2.45, 2.75) is 6.92 Å². The van der Waals surface area contributed by atoms with E-state index in [0.717, 1.165) is 5.69 Å². The van der Waals surface area contributed by atoms with Crippen molar-refractivity contribution >= 4 is 82.9 Å². The fraction of sp³-hybridized carbons (Fsp3) is 0.0435. The molecule has 4 aromatic carbocycles. The van der Waals surface area contributed by atoms with Crippen LogP contribution in [0.1, 0.15) is 5.56 Å². The molecular formula is C23H15NS3. The number of hydrogen-bond donors (Lipinski definition) is 2. The van der Waals surface area contributed by atoms with Gasteiger partial charge in [0.15, 0.2) is 0 Å². The number of nitrogens with one attached hydrogen (secondary N) is 1. The van der Waals surface area contributed by atoms with Crippen LogP contribution in [0.3, 0.4) is 0 Å². The Morgan fingerprint density at radius 3 is 1.93 bits per heavy atom. The molecule has 0 bridgehead atoms. The highest BCUT2D eigenvalue weighted by Gasteiger charge is 2.13. The van der Waals surface area contributed by atoms with Crippen LogP contribution in [-0.4, -0.2) is 0 Å². The predicted molar refractivity (Wildman–Crippen MR) is 125 cm³/mol. The van der Waals surface area contributed by atoms with Gasteiger partial charge >= 0.3 is 0 Å². The third kappa shape index (κ3) is 2.06. The number of fused-ring (bicyclic) bond motifs is 2. The molecule has 0 spiro atoms. The fourth-order valence-corrected chi connectivity index (χ4v) is 6.99. The summed E-state index contributed by atoms with van der Waals surface area (Å²) in [6.07, 6.45) is 0. The minimum absolute atomic E-state index is 1.06. The summed E-state index contributed by atoms with van der Waals surface area (Å²) in [5.41, 5.74) is 2.40. The Morgan fingerprint density at radius 2 is 1.26 bits per heavy atom. The van der Waals surface area contributed by atoms with Crippen LogP contribution < -0.4 is 4.72 Å². The molecule has 2 aliphatic heterocycles. The largest absolute Gasteiger partial charge is 0.332 e. The highest BCUT2D eigenvalue weighted by Crippen LogP contribution is 2.41. The minimum Gasteiger partial charge on any atom is -0.332 e. The molecule has 0 atom stereocenters. The first-order valence-electron chi connectivity index (χ1n) is 8.85. The van der Waals surface area contributed by atoms with Crippen LogP contribution in [-0.2, 0) is 0 Å². The van der Waals surface area contributed by atoms with E-state index in [1.54, 1.807) is 0 Å². The van der Waals surface area contributed by atoms with Gasteiger partial charge in [0, 0.05) is 36.3 Å². The molecule has 1 nitrogen and oxygen atoms in total. The fourth-order valence-electron chi connectivity index (χ4n) is 4.21. The van der Waals surface area contributed by atoms with Crippen molar-refractivity contribution in [3.05, 3.63) is 75.3 Å². The lowest BCUT2D eigenvalue weighted by Crippen LogP contribution is -1.88. The first-order valence-corrected chi connectivity index (χ1v) is 10.9. The van der Waals surface area contributed by atoms with E-state index in [1.165, 1.54) is 56.3 Å². The Labute approximate surface area is 169 Å². The van der Waals surface area contributed by atoms with Gasteiger partial charge in [-0.2, -0.15) is 0 Å². The molecule has 0 aliphatic carbocycles. The molecule has 2 heterocycles. The maximum atomic E-state index is 4.30. The second kappa shape index (κ2) is 5.61. The van der Waals surface area contributed by atoms with E-state index in [2.05, 4.69) is 85.1 Å². The average molecular weight is 402 g/mol. The molecule has 0 saturated carbocycles. The lowest BCUT2D eigenvalue weighted by atomic mass is 10.0. The molecule has 4 aromatic rings. The minimum atomic E-state index is 1.06. The molecule has 0 amide bonds. The molecule has 0 saturated heterocycles. The van der Waals surface area contributed by atoms with Gasteiger partial charge in [0.05, 0.1) is 14.8 Å². The van der Waals surface area contributed by atoms with Crippen molar-refractivity contribution in [2.75, 3.05) is 4.72 Å². The van der Waals surface area contributed by atoms with Crippen LogP contribution in [0.4, 0.5) is 5.69 Å². The molecule has 4 heteroatoms. The number of thiol groups is 1. The molecular weight excluding hydrogens is 386 g/mol. The smallest absolute Gasteiger partial charge is 0.0534 e. The SMILES string of the molecule is Cc1ccc2c3sc4cccc5c(NS)ccc(c=3sc3cccc1c32)c45. The number of hydrogen-bond acceptors (Lipinski definition) is 4. The van der Waals surface area contributed by atoms with E-state index in [-0.39, 0.29) is 0 Å². The van der Waals surface area contributed by atoms with Crippen LogP contribution in [0.15, 0.2) is 60.7 Å². The van der Waals surface area contributed by atoms with Crippen molar-refractivity contribution < 1.29 is 0 Å². The summed E-state index contributed by atoms with van der Waals surface area (Å²) in [6.45, 7) is 2.20. The van der Waals surface area contributed by atoms with Gasteiger partial charge < -0.3 is 4.72 Å². The summed E-state index contributed by atoms with van der Waals surface area (Å²) in [5.74, 6) is 0. The monoisotopic (exact) mass is 401 g/mol. The van der Waals surface area contributed by atoms with Crippen LogP contribution in [0.25, 0.3) is 41.7 Å². The highest BCUT2D eigenvalue weighted by molar-refractivity contribution is 7.81. The third-order valence-corrected chi connectivity index (χ3v) is 8.21. The summed E-state index contributed by atoms with van der Waals surface area (Å²) in [4.78, 5) is 0. The standard InChI is InChI=1S/C23H15NS3/c1-12-8-9-15-20-13(12)4-2-6-18(20)26-23-16-10-11-17(24-25)14-5-3-7-19(21(14)16)27-22(15)23/h2-11,24-25H,1H3. The second-order valence-electron chi connectivity index (χ2n) is 6.92. The predicted octanol–water partition coefficient (Wildman–Crippen LogP) is 7.71. The summed E-state index contributed by atoms with van der Waals surface area (Å²) in [6, 6.07) is 22.2. The van der Waals surface area contributed by atoms with Crippen LogP contribution in [0.5, 0.6) is 0 Å². The van der Waals surface area contributed by atoms with Crippen molar-refractivity contribution in [3.63, 3.8) is 0 Å². The Morgan fingerprint density at radius 1 is 0.667 bits per heavy atom. The lowest BCUT2D eigenvalue weighted by Gasteiger charge is -2.13. The van der Waals surface area contributed by atoms with E-state index < -0.39 is 0 Å². The normalized spacial score (nSPS) is 12.1. The van der Waals surface area contributed by atoms with Gasteiger partial charge in [0.1, 0.15) is 0 Å². The van der Waals surface area contributed by atoms with E-state index in [9.17, 15) is 0 Å². The quantitative estimate of drug-likeness (QED) is 0.269. The average Bonchev–Trinajstić information content (AvgIpc) is 2.71. The third-order valence-electron chi connectivity index (χ3n) is 5.46. The Kier molecular flexibility index (Phi) is 3.28. The maximum Gasteiger partial charge on any atom is 0.0534 e. The van der Waals surface area contributed by atoms with Crippen molar-refractivity contribution in [2.24, 2.45) is 0 Å². The molecule has 6 rings (SSSR count). The van der Waals surface area contributed by atoms with Crippen LogP contribution in [0.2, 0.25) is 0 Å². The van der Waals surface area contributed by atoms with Crippen molar-refractivity contribution in [1.29, 1.82) is 0 Å². The van der Waals surface area contributed by atoms with Crippen molar-refractivity contribution in [3.8, 4) is 0 Å². The maximum absolute atomic E-state index is 4.30. The lowest BCUT2D eigenvalue weighted by molar-refractivity contribution is 1.55. The van der Waals surface area contributed by atoms with E-state index in [1.807, 2.05) is 22.7 Å². The second-order valence-corrected chi connectivity index (χ2v) is 9.25. The number of rotatable bonds is 1. The summed E-state index contributed by atoms with van der Waals surface area (Å²) in [7, 11) is 0. The van der Waals surface area contributed by atoms with Crippen molar-refractivity contribution in [1.82, 2.24) is 0 Å². The summed E-state index contributed by atoms with van der Waals surface area (Å²) < 4.78 is 8.48. The molecule has 27 heavy (non-hydrogen) atoms. The zero-order chi connectivity index (χ0) is 18.1.